The van der Waals surface area contributed by atoms with E-state index in [1.807, 2.05) is 6.07 Å². The molecule has 0 aliphatic heterocycles. The van der Waals surface area contributed by atoms with Crippen molar-refractivity contribution < 1.29 is 19.1 Å². The monoisotopic (exact) mass is 305 g/mol. The van der Waals surface area contributed by atoms with Crippen LogP contribution < -0.4 is 5.32 Å². The van der Waals surface area contributed by atoms with E-state index in [-0.39, 0.29) is 18.3 Å². The van der Waals surface area contributed by atoms with Gasteiger partial charge in [0.2, 0.25) is 0 Å². The van der Waals surface area contributed by atoms with Crippen LogP contribution >= 0.6 is 0 Å². The smallest absolute Gasteiger partial charge is 0.305 e. The van der Waals surface area contributed by atoms with Crippen molar-refractivity contribution in [2.75, 3.05) is 6.61 Å². The van der Waals surface area contributed by atoms with E-state index >= 15 is 0 Å². The molecule has 0 aliphatic rings. The van der Waals surface area contributed by atoms with Crippen LogP contribution in [0.15, 0.2) is 30.3 Å². The van der Waals surface area contributed by atoms with Crippen molar-refractivity contribution >= 4 is 18.2 Å². The molecule has 1 amide bonds. The minimum absolute atomic E-state index is 0.158. The Kier molecular flexibility index (Phi) is 6.76. The number of hydrogen-bond donors (Lipinski definition) is 1. The number of rotatable bonds is 8. The van der Waals surface area contributed by atoms with Crippen LogP contribution in [0, 0.1) is 5.41 Å². The molecule has 0 aromatic heterocycles. The minimum Gasteiger partial charge on any atom is -0.466 e. The molecule has 0 fully saturated rings. The summed E-state index contributed by atoms with van der Waals surface area (Å²) in [5.41, 5.74) is -0.248. The average Bonchev–Trinajstić information content (AvgIpc) is 2.52. The van der Waals surface area contributed by atoms with Crippen LogP contribution in [0.4, 0.5) is 0 Å². The van der Waals surface area contributed by atoms with Gasteiger partial charge in [0.05, 0.1) is 6.61 Å². The first-order valence-corrected chi connectivity index (χ1v) is 7.38. The summed E-state index contributed by atoms with van der Waals surface area (Å²) in [7, 11) is 0. The van der Waals surface area contributed by atoms with Crippen molar-refractivity contribution in [1.82, 2.24) is 5.32 Å². The van der Waals surface area contributed by atoms with Gasteiger partial charge in [-0.3, -0.25) is 9.59 Å². The van der Waals surface area contributed by atoms with Crippen molar-refractivity contribution in [2.24, 2.45) is 5.41 Å². The molecule has 1 rings (SSSR count). The average molecular weight is 305 g/mol. The molecule has 1 N–H and O–H groups in total. The summed E-state index contributed by atoms with van der Waals surface area (Å²) in [4.78, 5) is 35.0. The quantitative estimate of drug-likeness (QED) is 0.591. The topological polar surface area (TPSA) is 72.5 Å². The predicted molar refractivity (Wildman–Crippen MR) is 83.4 cm³/mol. The predicted octanol–water partition coefficient (Wildman–Crippen LogP) is 2.35. The number of aldehydes is 1. The van der Waals surface area contributed by atoms with Gasteiger partial charge in [-0.05, 0) is 25.5 Å². The van der Waals surface area contributed by atoms with E-state index in [2.05, 4.69) is 5.32 Å². The zero-order valence-corrected chi connectivity index (χ0v) is 13.3. The van der Waals surface area contributed by atoms with Crippen LogP contribution in [0.1, 0.15) is 44.0 Å². The van der Waals surface area contributed by atoms with Gasteiger partial charge < -0.3 is 14.8 Å². The number of carbonyl (C=O) groups excluding carboxylic acids is 3. The van der Waals surface area contributed by atoms with Gasteiger partial charge in [0.1, 0.15) is 6.29 Å². The highest BCUT2D eigenvalue weighted by Gasteiger charge is 2.31. The van der Waals surface area contributed by atoms with E-state index in [0.717, 1.165) is 6.29 Å². The standard InChI is InChI=1S/C17H23NO4/c1-4-22-15(20)11-10-14(17(2,3)12-19)18-16(21)13-8-6-5-7-9-13/h5-9,12,14H,4,10-11H2,1-3H3,(H,18,21)/t14-/m1/s1. The number of amides is 1. The molecule has 0 saturated heterocycles. The van der Waals surface area contributed by atoms with Gasteiger partial charge in [-0.25, -0.2) is 0 Å². The number of nitrogens with one attached hydrogen (secondary N) is 1. The van der Waals surface area contributed by atoms with E-state index in [1.54, 1.807) is 45.0 Å². The van der Waals surface area contributed by atoms with Crippen LogP contribution in [0.25, 0.3) is 0 Å². The zero-order valence-electron chi connectivity index (χ0n) is 13.3. The first-order chi connectivity index (χ1) is 10.4. The Hall–Kier alpha value is -2.17. The Morgan fingerprint density at radius 1 is 1.27 bits per heavy atom. The number of carbonyl (C=O) groups is 3. The largest absolute Gasteiger partial charge is 0.466 e. The maximum atomic E-state index is 12.2. The first kappa shape index (κ1) is 17.9. The fraction of sp³-hybridized carbons (Fsp3) is 0.471. The minimum atomic E-state index is -0.767. The van der Waals surface area contributed by atoms with Gasteiger partial charge in [-0.1, -0.05) is 32.0 Å². The molecule has 5 heteroatoms. The molecule has 0 saturated carbocycles. The maximum absolute atomic E-state index is 12.2. The Morgan fingerprint density at radius 2 is 1.91 bits per heavy atom. The van der Waals surface area contributed by atoms with Gasteiger partial charge in [0, 0.05) is 23.4 Å². The van der Waals surface area contributed by atoms with Crippen LogP contribution in [0.2, 0.25) is 0 Å². The maximum Gasteiger partial charge on any atom is 0.305 e. The molecule has 22 heavy (non-hydrogen) atoms. The summed E-state index contributed by atoms with van der Waals surface area (Å²) in [5, 5.41) is 2.84. The van der Waals surface area contributed by atoms with Crippen molar-refractivity contribution in [1.29, 1.82) is 0 Å². The highest BCUT2D eigenvalue weighted by Crippen LogP contribution is 2.22. The normalized spacial score (nSPS) is 12.3. The Morgan fingerprint density at radius 3 is 2.45 bits per heavy atom. The highest BCUT2D eigenvalue weighted by molar-refractivity contribution is 5.94. The lowest BCUT2D eigenvalue weighted by Crippen LogP contribution is -2.46. The molecule has 5 nitrogen and oxygen atoms in total. The second-order valence-electron chi connectivity index (χ2n) is 5.67. The molecule has 0 spiro atoms. The van der Waals surface area contributed by atoms with Crippen LogP contribution in [-0.2, 0) is 14.3 Å². The van der Waals surface area contributed by atoms with Crippen LogP contribution in [-0.4, -0.2) is 30.8 Å². The Balaban J connectivity index is 2.76. The molecule has 120 valence electrons. The third-order valence-electron chi connectivity index (χ3n) is 3.49. The lowest BCUT2D eigenvalue weighted by atomic mass is 9.83. The third-order valence-corrected chi connectivity index (χ3v) is 3.49. The van der Waals surface area contributed by atoms with Crippen molar-refractivity contribution in [3.05, 3.63) is 35.9 Å². The SMILES string of the molecule is CCOC(=O)CC[C@@H](NC(=O)c1ccccc1)C(C)(C)C=O. The first-order valence-electron chi connectivity index (χ1n) is 7.38. The lowest BCUT2D eigenvalue weighted by Gasteiger charge is -2.30. The number of esters is 1. The molecule has 0 unspecified atom stereocenters. The fourth-order valence-corrected chi connectivity index (χ4v) is 2.04. The molecule has 1 atom stereocenters. The molecule has 0 radical (unpaired) electrons. The van der Waals surface area contributed by atoms with Gasteiger partial charge in [0.25, 0.3) is 5.91 Å². The van der Waals surface area contributed by atoms with Crippen LogP contribution in [0.5, 0.6) is 0 Å². The Bertz CT molecular complexity index is 511. The van der Waals surface area contributed by atoms with E-state index < -0.39 is 11.5 Å². The van der Waals surface area contributed by atoms with Crippen molar-refractivity contribution in [3.8, 4) is 0 Å². The van der Waals surface area contributed by atoms with Crippen molar-refractivity contribution in [3.63, 3.8) is 0 Å². The second-order valence-corrected chi connectivity index (χ2v) is 5.67. The second kappa shape index (κ2) is 8.32. The molecule has 0 bridgehead atoms. The molecule has 1 aromatic carbocycles. The number of ether oxygens (including phenoxy) is 1. The summed E-state index contributed by atoms with van der Waals surface area (Å²) in [6.45, 7) is 5.53. The number of benzene rings is 1. The molecular formula is C17H23NO4. The van der Waals surface area contributed by atoms with E-state index in [1.165, 1.54) is 0 Å². The number of hydrogen-bond acceptors (Lipinski definition) is 4. The van der Waals surface area contributed by atoms with E-state index in [9.17, 15) is 14.4 Å². The van der Waals surface area contributed by atoms with Gasteiger partial charge >= 0.3 is 5.97 Å². The summed E-state index contributed by atoms with van der Waals surface area (Å²) < 4.78 is 4.89. The molecule has 1 aromatic rings. The zero-order chi connectivity index (χ0) is 16.6. The van der Waals surface area contributed by atoms with Gasteiger partial charge in [-0.15, -0.1) is 0 Å². The fourth-order valence-electron chi connectivity index (χ4n) is 2.04. The summed E-state index contributed by atoms with van der Waals surface area (Å²) in [6, 6.07) is 8.32. The van der Waals surface area contributed by atoms with Gasteiger partial charge in [-0.2, -0.15) is 0 Å². The third kappa shape index (κ3) is 5.31. The summed E-state index contributed by atoms with van der Waals surface area (Å²) >= 11 is 0. The van der Waals surface area contributed by atoms with Gasteiger partial charge in [0.15, 0.2) is 0 Å². The van der Waals surface area contributed by atoms with E-state index in [4.69, 9.17) is 4.74 Å². The molecular weight excluding hydrogens is 282 g/mol. The molecule has 0 heterocycles. The molecule has 0 aliphatic carbocycles. The van der Waals surface area contributed by atoms with E-state index in [0.29, 0.717) is 18.6 Å². The summed E-state index contributed by atoms with van der Waals surface area (Å²) in [6.07, 6.45) is 1.31. The van der Waals surface area contributed by atoms with Crippen molar-refractivity contribution in [2.45, 2.75) is 39.7 Å². The Labute approximate surface area is 131 Å². The lowest BCUT2D eigenvalue weighted by molar-refractivity contribution is -0.143. The summed E-state index contributed by atoms with van der Waals surface area (Å²) in [5.74, 6) is -0.590. The highest BCUT2D eigenvalue weighted by atomic mass is 16.5. The van der Waals surface area contributed by atoms with Crippen LogP contribution in [0.3, 0.4) is 0 Å².